The van der Waals surface area contributed by atoms with Crippen molar-refractivity contribution in [2.45, 2.75) is 58.0 Å². The summed E-state index contributed by atoms with van der Waals surface area (Å²) in [6, 6.07) is 10.6. The van der Waals surface area contributed by atoms with Crippen LogP contribution in [0.3, 0.4) is 0 Å². The van der Waals surface area contributed by atoms with Crippen molar-refractivity contribution in [2.24, 2.45) is 0 Å². The minimum atomic E-state index is -0.422. The molecular formula is C22H26N2O3. The molecule has 1 atom stereocenters. The molecule has 1 heterocycles. The lowest BCUT2D eigenvalue weighted by molar-refractivity contribution is -0.125. The van der Waals surface area contributed by atoms with E-state index in [4.69, 9.17) is 4.74 Å². The lowest BCUT2D eigenvalue weighted by Crippen LogP contribution is -2.34. The fraction of sp³-hybridized carbons (Fsp3) is 0.455. The topological polar surface area (TPSA) is 60.3 Å². The maximum atomic E-state index is 12.5. The summed E-state index contributed by atoms with van der Waals surface area (Å²) in [6.07, 6.45) is 5.34. The summed E-state index contributed by atoms with van der Waals surface area (Å²) in [5.41, 5.74) is 5.04. The second-order valence-corrected chi connectivity index (χ2v) is 7.67. The average molecular weight is 366 g/mol. The Bertz CT molecular complexity index is 880. The first kappa shape index (κ1) is 17.8. The van der Waals surface area contributed by atoms with Gasteiger partial charge >= 0.3 is 5.97 Å². The number of nitrogens with one attached hydrogen (secondary N) is 1. The Kier molecular flexibility index (Phi) is 4.77. The standard InChI is InChI=1S/C22H26N2O3/c1-14-12-19(15(2)24(14)17-10-11-17)22(26)27-13-21(25)23-20-9-5-7-16-6-3-4-8-18(16)20/h3-4,6,8,12,17,20H,5,7,9-11,13H2,1-2H3,(H,23,25)/t20-/m1/s1. The zero-order chi connectivity index (χ0) is 19.0. The van der Waals surface area contributed by atoms with Gasteiger partial charge in [-0.15, -0.1) is 0 Å². The van der Waals surface area contributed by atoms with Crippen molar-refractivity contribution in [2.75, 3.05) is 6.61 Å². The molecule has 2 aromatic rings. The van der Waals surface area contributed by atoms with E-state index in [1.54, 1.807) is 0 Å². The molecule has 0 unspecified atom stereocenters. The highest BCUT2D eigenvalue weighted by Crippen LogP contribution is 2.38. The lowest BCUT2D eigenvalue weighted by Gasteiger charge is -2.26. The summed E-state index contributed by atoms with van der Waals surface area (Å²) in [6.45, 7) is 3.71. The van der Waals surface area contributed by atoms with E-state index in [0.717, 1.165) is 43.5 Å². The first-order valence-corrected chi connectivity index (χ1v) is 9.77. The van der Waals surface area contributed by atoms with E-state index in [2.05, 4.69) is 22.0 Å². The Balaban J connectivity index is 1.36. The smallest absolute Gasteiger partial charge is 0.340 e. The number of nitrogens with zero attached hydrogens (tertiary/aromatic N) is 1. The second-order valence-electron chi connectivity index (χ2n) is 7.67. The van der Waals surface area contributed by atoms with Crippen LogP contribution in [0.4, 0.5) is 0 Å². The van der Waals surface area contributed by atoms with E-state index in [1.807, 2.05) is 32.0 Å². The van der Waals surface area contributed by atoms with Crippen LogP contribution in [0.2, 0.25) is 0 Å². The molecule has 0 bridgehead atoms. The van der Waals surface area contributed by atoms with E-state index >= 15 is 0 Å². The van der Waals surface area contributed by atoms with Gasteiger partial charge in [-0.2, -0.15) is 0 Å². The van der Waals surface area contributed by atoms with Gasteiger partial charge in [0.1, 0.15) is 0 Å². The lowest BCUT2D eigenvalue weighted by atomic mass is 9.88. The first-order valence-electron chi connectivity index (χ1n) is 9.77. The summed E-state index contributed by atoms with van der Waals surface area (Å²) in [4.78, 5) is 24.8. The van der Waals surface area contributed by atoms with Crippen molar-refractivity contribution < 1.29 is 14.3 Å². The predicted octanol–water partition coefficient (Wildman–Crippen LogP) is 3.79. The summed E-state index contributed by atoms with van der Waals surface area (Å²) >= 11 is 0. The van der Waals surface area contributed by atoms with Gasteiger partial charge in [0, 0.05) is 17.4 Å². The van der Waals surface area contributed by atoms with Crippen LogP contribution in [0.5, 0.6) is 0 Å². The Hall–Kier alpha value is -2.56. The molecule has 142 valence electrons. The fourth-order valence-corrected chi connectivity index (χ4v) is 4.23. The van der Waals surface area contributed by atoms with Gasteiger partial charge in [-0.05, 0) is 63.1 Å². The predicted molar refractivity (Wildman–Crippen MR) is 103 cm³/mol. The second kappa shape index (κ2) is 7.22. The van der Waals surface area contributed by atoms with Crippen molar-refractivity contribution in [3.8, 4) is 0 Å². The van der Waals surface area contributed by atoms with Crippen molar-refractivity contribution >= 4 is 11.9 Å². The third-order valence-electron chi connectivity index (χ3n) is 5.66. The van der Waals surface area contributed by atoms with Gasteiger partial charge in [0.25, 0.3) is 5.91 Å². The van der Waals surface area contributed by atoms with Gasteiger partial charge in [-0.25, -0.2) is 4.79 Å². The number of rotatable bonds is 5. The Morgan fingerprint density at radius 1 is 1.19 bits per heavy atom. The number of aromatic nitrogens is 1. The van der Waals surface area contributed by atoms with E-state index in [0.29, 0.717) is 11.6 Å². The van der Waals surface area contributed by atoms with E-state index < -0.39 is 5.97 Å². The maximum absolute atomic E-state index is 12.5. The molecular weight excluding hydrogens is 340 g/mol. The van der Waals surface area contributed by atoms with Gasteiger partial charge in [-0.3, -0.25) is 4.79 Å². The maximum Gasteiger partial charge on any atom is 0.340 e. The van der Waals surface area contributed by atoms with Crippen molar-refractivity contribution in [1.82, 2.24) is 9.88 Å². The Labute approximate surface area is 159 Å². The molecule has 1 aromatic heterocycles. The zero-order valence-corrected chi connectivity index (χ0v) is 16.0. The Morgan fingerprint density at radius 2 is 1.96 bits per heavy atom. The van der Waals surface area contributed by atoms with E-state index in [-0.39, 0.29) is 18.6 Å². The SMILES string of the molecule is Cc1cc(C(=O)OCC(=O)N[C@@H]2CCCc3ccccc32)c(C)n1C1CC1. The zero-order valence-electron chi connectivity index (χ0n) is 16.0. The van der Waals surface area contributed by atoms with Crippen molar-refractivity contribution in [1.29, 1.82) is 0 Å². The van der Waals surface area contributed by atoms with Crippen LogP contribution in [0, 0.1) is 13.8 Å². The van der Waals surface area contributed by atoms with E-state index in [1.165, 1.54) is 11.1 Å². The van der Waals surface area contributed by atoms with Crippen molar-refractivity contribution in [3.63, 3.8) is 0 Å². The number of esters is 1. The molecule has 2 aliphatic carbocycles. The van der Waals surface area contributed by atoms with Gasteiger partial charge in [0.2, 0.25) is 0 Å². The molecule has 2 aliphatic rings. The number of hydrogen-bond donors (Lipinski definition) is 1. The number of aryl methyl sites for hydroxylation is 2. The quantitative estimate of drug-likeness (QED) is 0.819. The number of ether oxygens (including phenoxy) is 1. The van der Waals surface area contributed by atoms with Crippen LogP contribution in [-0.2, 0) is 16.0 Å². The van der Waals surface area contributed by atoms with Crippen LogP contribution in [0.25, 0.3) is 0 Å². The van der Waals surface area contributed by atoms with E-state index in [9.17, 15) is 9.59 Å². The largest absolute Gasteiger partial charge is 0.452 e. The molecule has 1 fully saturated rings. The third-order valence-corrected chi connectivity index (χ3v) is 5.66. The summed E-state index contributed by atoms with van der Waals surface area (Å²) in [7, 11) is 0. The molecule has 1 aromatic carbocycles. The van der Waals surface area contributed by atoms with Gasteiger partial charge in [0.15, 0.2) is 6.61 Å². The minimum Gasteiger partial charge on any atom is -0.452 e. The Morgan fingerprint density at radius 3 is 2.74 bits per heavy atom. The van der Waals surface area contributed by atoms with Crippen LogP contribution in [0.15, 0.2) is 30.3 Å². The van der Waals surface area contributed by atoms with Crippen molar-refractivity contribution in [3.05, 3.63) is 58.4 Å². The number of amides is 1. The molecule has 1 N–H and O–H groups in total. The highest BCUT2D eigenvalue weighted by atomic mass is 16.5. The molecule has 5 heteroatoms. The van der Waals surface area contributed by atoms with Crippen LogP contribution in [-0.4, -0.2) is 23.1 Å². The number of fused-ring (bicyclic) bond motifs is 1. The molecule has 0 spiro atoms. The molecule has 27 heavy (non-hydrogen) atoms. The highest BCUT2D eigenvalue weighted by Gasteiger charge is 2.29. The summed E-state index contributed by atoms with van der Waals surface area (Å²) in [5, 5.41) is 3.02. The highest BCUT2D eigenvalue weighted by molar-refractivity contribution is 5.92. The third kappa shape index (κ3) is 3.64. The minimum absolute atomic E-state index is 0.00100. The molecule has 1 amide bonds. The molecule has 1 saturated carbocycles. The van der Waals surface area contributed by atoms with Crippen LogP contribution >= 0.6 is 0 Å². The number of hydrogen-bond acceptors (Lipinski definition) is 3. The molecule has 0 radical (unpaired) electrons. The normalized spacial score (nSPS) is 18.7. The molecule has 4 rings (SSSR count). The van der Waals surface area contributed by atoms with Gasteiger partial charge in [0.05, 0.1) is 11.6 Å². The number of carbonyl (C=O) groups is 2. The number of benzene rings is 1. The first-order chi connectivity index (χ1) is 13.0. The monoisotopic (exact) mass is 366 g/mol. The number of carbonyl (C=O) groups excluding carboxylic acids is 2. The summed E-state index contributed by atoms with van der Waals surface area (Å²) in [5.74, 6) is -0.671. The molecule has 0 saturated heterocycles. The fourth-order valence-electron chi connectivity index (χ4n) is 4.23. The van der Waals surface area contributed by atoms with Crippen LogP contribution in [0.1, 0.15) is 70.6 Å². The van der Waals surface area contributed by atoms with Crippen LogP contribution < -0.4 is 5.32 Å². The van der Waals surface area contributed by atoms with Gasteiger partial charge < -0.3 is 14.6 Å². The molecule has 5 nitrogen and oxygen atoms in total. The van der Waals surface area contributed by atoms with Gasteiger partial charge in [-0.1, -0.05) is 24.3 Å². The summed E-state index contributed by atoms with van der Waals surface area (Å²) < 4.78 is 7.51. The average Bonchev–Trinajstić information content (AvgIpc) is 3.45. The molecule has 0 aliphatic heterocycles.